The van der Waals surface area contributed by atoms with Crippen molar-refractivity contribution in [3.63, 3.8) is 0 Å². The summed E-state index contributed by atoms with van der Waals surface area (Å²) in [5, 5.41) is 21.0. The van der Waals surface area contributed by atoms with E-state index in [1.807, 2.05) is 18.2 Å². The topological polar surface area (TPSA) is 112 Å². The molecule has 3 N–H and O–H groups in total. The zero-order valence-electron chi connectivity index (χ0n) is 14.5. The number of amides is 2. The number of aromatic nitrogens is 2. The molecule has 26 heavy (non-hydrogen) atoms. The smallest absolute Gasteiger partial charge is 0.273 e. The van der Waals surface area contributed by atoms with Gasteiger partial charge in [-0.15, -0.1) is 12.3 Å². The molecule has 0 radical (unpaired) electrons. The van der Waals surface area contributed by atoms with Crippen LogP contribution in [0.3, 0.4) is 0 Å². The first-order valence-electron chi connectivity index (χ1n) is 8.44. The van der Waals surface area contributed by atoms with E-state index in [1.54, 1.807) is 13.0 Å². The lowest BCUT2D eigenvalue weighted by molar-refractivity contribution is -0.122. The minimum Gasteiger partial charge on any atom is -0.354 e. The fourth-order valence-electron chi connectivity index (χ4n) is 2.67. The molecule has 3 rings (SSSR count). The van der Waals surface area contributed by atoms with Gasteiger partial charge in [0.25, 0.3) is 5.91 Å². The standard InChI is InChI=1S/C18H20N6O2/c1-3-4-9-18(23-24-18)10-11-19-16(25)12(2)20-17(26)15-13-7-5-6-8-14(13)21-22-15/h1,5-8,12H,4,9-11H2,2H3,(H,19,25)(H,20,26)(H,21,22). The van der Waals surface area contributed by atoms with E-state index in [-0.39, 0.29) is 11.6 Å². The first kappa shape index (κ1) is 17.6. The van der Waals surface area contributed by atoms with Crippen LogP contribution in [0.2, 0.25) is 0 Å². The molecule has 1 aliphatic rings. The highest BCUT2D eigenvalue weighted by Crippen LogP contribution is 2.35. The van der Waals surface area contributed by atoms with Crippen LogP contribution in [0.4, 0.5) is 0 Å². The predicted molar refractivity (Wildman–Crippen MR) is 96.3 cm³/mol. The Morgan fingerprint density at radius 2 is 2.08 bits per heavy atom. The van der Waals surface area contributed by atoms with Gasteiger partial charge in [0.1, 0.15) is 6.04 Å². The summed E-state index contributed by atoms with van der Waals surface area (Å²) in [5.41, 5.74) is 0.605. The van der Waals surface area contributed by atoms with E-state index < -0.39 is 17.6 Å². The lowest BCUT2D eigenvalue weighted by Gasteiger charge is -2.15. The molecule has 8 nitrogen and oxygen atoms in total. The minimum atomic E-state index is -0.687. The van der Waals surface area contributed by atoms with Crippen LogP contribution in [-0.2, 0) is 4.79 Å². The molecule has 2 amide bonds. The van der Waals surface area contributed by atoms with Gasteiger partial charge in [-0.25, -0.2) is 0 Å². The van der Waals surface area contributed by atoms with Crippen molar-refractivity contribution < 1.29 is 9.59 Å². The average Bonchev–Trinajstić information content (AvgIpc) is 3.27. The maximum Gasteiger partial charge on any atom is 0.273 e. The Balaban J connectivity index is 1.48. The summed E-state index contributed by atoms with van der Waals surface area (Å²) in [4.78, 5) is 24.6. The Hall–Kier alpha value is -3.21. The highest BCUT2D eigenvalue weighted by molar-refractivity contribution is 6.05. The quantitative estimate of drug-likeness (QED) is 0.629. The number of carbonyl (C=O) groups excluding carboxylic acids is 2. The van der Waals surface area contributed by atoms with E-state index in [4.69, 9.17) is 6.42 Å². The number of rotatable bonds is 8. The summed E-state index contributed by atoms with van der Waals surface area (Å²) < 4.78 is 0. The van der Waals surface area contributed by atoms with Crippen LogP contribution in [0.15, 0.2) is 34.5 Å². The van der Waals surface area contributed by atoms with Crippen LogP contribution < -0.4 is 10.6 Å². The molecule has 134 valence electrons. The molecule has 1 aromatic carbocycles. The third-order valence-corrected chi connectivity index (χ3v) is 4.30. The van der Waals surface area contributed by atoms with Crippen molar-refractivity contribution in [3.05, 3.63) is 30.0 Å². The number of aromatic amines is 1. The van der Waals surface area contributed by atoms with E-state index >= 15 is 0 Å². The molecule has 1 unspecified atom stereocenters. The van der Waals surface area contributed by atoms with Gasteiger partial charge in [0, 0.05) is 31.2 Å². The van der Waals surface area contributed by atoms with Crippen molar-refractivity contribution in [2.24, 2.45) is 10.2 Å². The Kier molecular flexibility index (Phi) is 4.98. The number of fused-ring (bicyclic) bond motifs is 1. The molecule has 0 fully saturated rings. The van der Waals surface area contributed by atoms with Crippen LogP contribution in [0.25, 0.3) is 10.9 Å². The Bertz CT molecular complexity index is 888. The maximum atomic E-state index is 12.4. The van der Waals surface area contributed by atoms with Crippen molar-refractivity contribution in [2.45, 2.75) is 37.9 Å². The zero-order valence-corrected chi connectivity index (χ0v) is 14.5. The van der Waals surface area contributed by atoms with Crippen molar-refractivity contribution >= 4 is 22.7 Å². The zero-order chi connectivity index (χ0) is 18.6. The molecule has 2 aromatic rings. The van der Waals surface area contributed by atoms with E-state index in [1.165, 1.54) is 0 Å². The summed E-state index contributed by atoms with van der Waals surface area (Å²) in [7, 11) is 0. The largest absolute Gasteiger partial charge is 0.354 e. The lowest BCUT2D eigenvalue weighted by atomic mass is 10.0. The molecular weight excluding hydrogens is 332 g/mol. The van der Waals surface area contributed by atoms with Gasteiger partial charge in [0.15, 0.2) is 11.4 Å². The average molecular weight is 352 g/mol. The first-order valence-corrected chi connectivity index (χ1v) is 8.44. The van der Waals surface area contributed by atoms with Crippen molar-refractivity contribution in [1.82, 2.24) is 20.8 Å². The maximum absolute atomic E-state index is 12.4. The SMILES string of the molecule is C#CCCC1(CCNC(=O)C(C)NC(=O)c2n[nH]c3ccccc23)N=N1. The summed E-state index contributed by atoms with van der Waals surface area (Å²) in [5.74, 6) is 1.89. The van der Waals surface area contributed by atoms with E-state index in [2.05, 4.69) is 37.0 Å². The number of terminal acetylenes is 1. The first-order chi connectivity index (χ1) is 12.5. The molecule has 0 spiro atoms. The number of carbonyl (C=O) groups is 2. The van der Waals surface area contributed by atoms with Crippen molar-refractivity contribution in [1.29, 1.82) is 0 Å². The number of H-pyrrole nitrogens is 1. The Morgan fingerprint density at radius 3 is 2.81 bits per heavy atom. The highest BCUT2D eigenvalue weighted by atomic mass is 16.2. The van der Waals surface area contributed by atoms with Gasteiger partial charge >= 0.3 is 0 Å². The number of nitrogens with zero attached hydrogens (tertiary/aromatic N) is 3. The predicted octanol–water partition coefficient (Wildman–Crippen LogP) is 1.76. The minimum absolute atomic E-state index is 0.268. The Labute approximate surface area is 150 Å². The van der Waals surface area contributed by atoms with Crippen LogP contribution in [0.1, 0.15) is 36.7 Å². The lowest BCUT2D eigenvalue weighted by Crippen LogP contribution is -2.45. The number of hydrogen-bond donors (Lipinski definition) is 3. The van der Waals surface area contributed by atoms with Crippen LogP contribution in [0, 0.1) is 12.3 Å². The van der Waals surface area contributed by atoms with Gasteiger partial charge in [-0.2, -0.15) is 15.3 Å². The second-order valence-corrected chi connectivity index (χ2v) is 6.24. The molecule has 1 atom stereocenters. The molecular formula is C18H20N6O2. The van der Waals surface area contributed by atoms with Gasteiger partial charge in [0.2, 0.25) is 5.91 Å². The van der Waals surface area contributed by atoms with E-state index in [9.17, 15) is 9.59 Å². The monoisotopic (exact) mass is 352 g/mol. The number of nitrogens with one attached hydrogen (secondary N) is 3. The molecule has 1 aliphatic heterocycles. The molecule has 0 aliphatic carbocycles. The highest BCUT2D eigenvalue weighted by Gasteiger charge is 2.38. The molecule has 0 bridgehead atoms. The second-order valence-electron chi connectivity index (χ2n) is 6.24. The fraction of sp³-hybridized carbons (Fsp3) is 0.389. The van der Waals surface area contributed by atoms with Crippen molar-refractivity contribution in [3.8, 4) is 12.3 Å². The summed E-state index contributed by atoms with van der Waals surface area (Å²) in [6, 6.07) is 6.63. The van der Waals surface area contributed by atoms with E-state index in [0.29, 0.717) is 31.2 Å². The molecule has 8 heteroatoms. The Morgan fingerprint density at radius 1 is 1.31 bits per heavy atom. The van der Waals surface area contributed by atoms with Gasteiger partial charge in [-0.1, -0.05) is 18.2 Å². The van der Waals surface area contributed by atoms with Crippen LogP contribution >= 0.6 is 0 Å². The summed E-state index contributed by atoms with van der Waals surface area (Å²) in [6.45, 7) is 2.05. The second kappa shape index (κ2) is 7.35. The summed E-state index contributed by atoms with van der Waals surface area (Å²) >= 11 is 0. The van der Waals surface area contributed by atoms with Gasteiger partial charge in [-0.05, 0) is 13.0 Å². The third-order valence-electron chi connectivity index (χ3n) is 4.30. The fourth-order valence-corrected chi connectivity index (χ4v) is 2.67. The number of benzene rings is 1. The van der Waals surface area contributed by atoms with Gasteiger partial charge in [-0.3, -0.25) is 14.7 Å². The van der Waals surface area contributed by atoms with Crippen LogP contribution in [0.5, 0.6) is 0 Å². The third kappa shape index (κ3) is 3.88. The van der Waals surface area contributed by atoms with Crippen LogP contribution in [-0.4, -0.2) is 40.3 Å². The van der Waals surface area contributed by atoms with E-state index in [0.717, 1.165) is 5.52 Å². The molecule has 0 saturated carbocycles. The summed E-state index contributed by atoms with van der Waals surface area (Å²) in [6.07, 6.45) is 7.15. The number of hydrogen-bond acceptors (Lipinski definition) is 5. The van der Waals surface area contributed by atoms with Gasteiger partial charge in [0.05, 0.1) is 5.52 Å². The molecule has 1 aromatic heterocycles. The van der Waals surface area contributed by atoms with Gasteiger partial charge < -0.3 is 10.6 Å². The molecule has 0 saturated heterocycles. The normalized spacial score (nSPS) is 15.2. The van der Waals surface area contributed by atoms with Crippen molar-refractivity contribution in [2.75, 3.05) is 6.54 Å². The number of para-hydroxylation sites is 1. The molecule has 2 heterocycles.